The summed E-state index contributed by atoms with van der Waals surface area (Å²) in [5, 5.41) is 0. The van der Waals surface area contributed by atoms with Crippen LogP contribution in [0, 0.1) is 0 Å². The first-order valence-corrected chi connectivity index (χ1v) is 14.1. The summed E-state index contributed by atoms with van der Waals surface area (Å²) in [5.74, 6) is 0. The fourth-order valence-electron chi connectivity index (χ4n) is 5.55. The van der Waals surface area contributed by atoms with E-state index in [-0.39, 0.29) is 5.66 Å². The van der Waals surface area contributed by atoms with E-state index in [0.29, 0.717) is 0 Å². The molecular weight excluding hydrogens is 412 g/mol. The van der Waals surface area contributed by atoms with Gasteiger partial charge in [-0.1, -0.05) is 119 Å². The fraction of sp³-hybridized carbons (Fsp3) is 0.562. The molecule has 0 amide bonds. The summed E-state index contributed by atoms with van der Waals surface area (Å²) in [6.07, 6.45) is 21.7. The van der Waals surface area contributed by atoms with Gasteiger partial charge in [0, 0.05) is 31.9 Å². The van der Waals surface area contributed by atoms with Crippen molar-refractivity contribution in [3.05, 3.63) is 84.2 Å². The first-order valence-electron chi connectivity index (χ1n) is 14.1. The number of aryl methyl sites for hydroxylation is 1. The van der Waals surface area contributed by atoms with Crippen LogP contribution in [0.2, 0.25) is 0 Å². The van der Waals surface area contributed by atoms with E-state index >= 15 is 0 Å². The van der Waals surface area contributed by atoms with Crippen molar-refractivity contribution in [3.8, 4) is 0 Å². The van der Waals surface area contributed by atoms with E-state index in [2.05, 4.69) is 96.7 Å². The Morgan fingerprint density at radius 1 is 0.559 bits per heavy atom. The lowest BCUT2D eigenvalue weighted by molar-refractivity contribution is 0.0152. The van der Waals surface area contributed by atoms with E-state index in [9.17, 15) is 0 Å². The van der Waals surface area contributed by atoms with Crippen molar-refractivity contribution in [3.63, 3.8) is 0 Å². The molecule has 2 aromatic carbocycles. The Kier molecular flexibility index (Phi) is 11.6. The van der Waals surface area contributed by atoms with Gasteiger partial charge < -0.3 is 9.80 Å². The van der Waals surface area contributed by atoms with Crippen LogP contribution in [-0.4, -0.2) is 28.6 Å². The number of nitrogens with zero attached hydrogens (tertiary/aromatic N) is 2. The second-order valence-corrected chi connectivity index (χ2v) is 10.1. The van der Waals surface area contributed by atoms with Crippen molar-refractivity contribution in [1.82, 2.24) is 9.80 Å². The largest absolute Gasteiger partial charge is 0.353 e. The summed E-state index contributed by atoms with van der Waals surface area (Å²) in [6.45, 7) is 6.91. The third kappa shape index (κ3) is 7.93. The molecule has 0 aromatic heterocycles. The average molecular weight is 461 g/mol. The molecule has 0 saturated carbocycles. The first-order chi connectivity index (χ1) is 16.8. The Morgan fingerprint density at radius 3 is 1.74 bits per heavy atom. The van der Waals surface area contributed by atoms with Crippen molar-refractivity contribution < 1.29 is 0 Å². The molecule has 0 aliphatic carbocycles. The molecule has 2 aromatic rings. The minimum atomic E-state index is 0.0628. The molecule has 1 atom stereocenters. The molecule has 2 nitrogen and oxygen atoms in total. The molecule has 1 aliphatic rings. The first kappa shape index (κ1) is 26.4. The monoisotopic (exact) mass is 460 g/mol. The van der Waals surface area contributed by atoms with Crippen LogP contribution in [-0.2, 0) is 12.8 Å². The highest BCUT2D eigenvalue weighted by molar-refractivity contribution is 5.21. The summed E-state index contributed by atoms with van der Waals surface area (Å²) in [6, 6.07) is 22.2. The molecule has 0 bridgehead atoms. The molecule has 0 fully saturated rings. The maximum absolute atomic E-state index is 2.71. The van der Waals surface area contributed by atoms with Gasteiger partial charge in [0.1, 0.15) is 5.66 Å². The Labute approximate surface area is 210 Å². The van der Waals surface area contributed by atoms with Crippen LogP contribution in [0.5, 0.6) is 0 Å². The number of hydrogen-bond acceptors (Lipinski definition) is 2. The van der Waals surface area contributed by atoms with Gasteiger partial charge in [-0.05, 0) is 43.2 Å². The quantitative estimate of drug-likeness (QED) is 0.218. The Hall–Kier alpha value is -2.22. The van der Waals surface area contributed by atoms with Crippen LogP contribution in [0.4, 0.5) is 0 Å². The van der Waals surface area contributed by atoms with Crippen molar-refractivity contribution in [1.29, 1.82) is 0 Å². The Balaban J connectivity index is 1.65. The molecule has 34 heavy (non-hydrogen) atoms. The van der Waals surface area contributed by atoms with E-state index in [0.717, 1.165) is 19.4 Å². The predicted octanol–water partition coefficient (Wildman–Crippen LogP) is 8.59. The van der Waals surface area contributed by atoms with Gasteiger partial charge >= 0.3 is 0 Å². The molecule has 3 rings (SSSR count). The van der Waals surface area contributed by atoms with Gasteiger partial charge in [-0.3, -0.25) is 0 Å². The average Bonchev–Trinajstić information content (AvgIpc) is 3.19. The second-order valence-electron chi connectivity index (χ2n) is 10.1. The highest BCUT2D eigenvalue weighted by atomic mass is 15.4. The summed E-state index contributed by atoms with van der Waals surface area (Å²) < 4.78 is 0. The maximum Gasteiger partial charge on any atom is 0.116 e. The molecule has 1 heterocycles. The molecular formula is C32H48N2. The van der Waals surface area contributed by atoms with Gasteiger partial charge in [0.05, 0.1) is 0 Å². The van der Waals surface area contributed by atoms with Gasteiger partial charge in [-0.25, -0.2) is 0 Å². The predicted molar refractivity (Wildman–Crippen MR) is 148 cm³/mol. The molecule has 0 spiro atoms. The van der Waals surface area contributed by atoms with Gasteiger partial charge in [0.15, 0.2) is 0 Å². The zero-order valence-corrected chi connectivity index (χ0v) is 21.9. The molecule has 2 heteroatoms. The normalized spacial score (nSPS) is 17.6. The van der Waals surface area contributed by atoms with Gasteiger partial charge in [0.2, 0.25) is 0 Å². The van der Waals surface area contributed by atoms with Crippen molar-refractivity contribution in [2.75, 3.05) is 13.1 Å². The highest BCUT2D eigenvalue weighted by Gasteiger charge is 2.42. The molecule has 186 valence electrons. The molecule has 0 N–H and O–H groups in total. The molecule has 0 saturated heterocycles. The third-order valence-corrected chi connectivity index (χ3v) is 7.43. The maximum atomic E-state index is 2.71. The third-order valence-electron chi connectivity index (χ3n) is 7.43. The Morgan fingerprint density at radius 2 is 1.12 bits per heavy atom. The van der Waals surface area contributed by atoms with Crippen molar-refractivity contribution >= 4 is 0 Å². The molecule has 1 unspecified atom stereocenters. The summed E-state index contributed by atoms with van der Waals surface area (Å²) in [5.41, 5.74) is 2.97. The lowest BCUT2D eigenvalue weighted by atomic mass is 9.90. The number of benzene rings is 2. The van der Waals surface area contributed by atoms with E-state index in [1.807, 2.05) is 0 Å². The minimum absolute atomic E-state index is 0.0628. The molecule has 1 aliphatic heterocycles. The summed E-state index contributed by atoms with van der Waals surface area (Å²) >= 11 is 0. The Bertz CT molecular complexity index is 800. The van der Waals surface area contributed by atoms with Gasteiger partial charge in [-0.2, -0.15) is 0 Å². The number of hydrogen-bond donors (Lipinski definition) is 0. The van der Waals surface area contributed by atoms with Crippen molar-refractivity contribution in [2.45, 2.75) is 103 Å². The van der Waals surface area contributed by atoms with Crippen LogP contribution in [0.1, 0.15) is 95.6 Å². The topological polar surface area (TPSA) is 6.48 Å². The highest BCUT2D eigenvalue weighted by Crippen LogP contribution is 2.36. The summed E-state index contributed by atoms with van der Waals surface area (Å²) in [7, 11) is 0. The standard InChI is InChI=1S/C32H48N2/c1-3-5-6-7-8-9-10-17-26-34-28-27-33(25-4-2)32(34,29-31-21-15-12-16-22-31)24-18-23-30-19-13-11-14-20-30/h11-16,19-22,27-28H,3-10,17-18,23-26,29H2,1-2H3. The van der Waals surface area contributed by atoms with E-state index in [4.69, 9.17) is 0 Å². The number of unbranched alkanes of at least 4 members (excludes halogenated alkanes) is 7. The van der Waals surface area contributed by atoms with Crippen LogP contribution in [0.15, 0.2) is 73.1 Å². The van der Waals surface area contributed by atoms with Crippen molar-refractivity contribution in [2.24, 2.45) is 0 Å². The lowest BCUT2D eigenvalue weighted by Crippen LogP contribution is -2.55. The fourth-order valence-corrected chi connectivity index (χ4v) is 5.55. The lowest BCUT2D eigenvalue weighted by Gasteiger charge is -2.47. The van der Waals surface area contributed by atoms with Crippen LogP contribution in [0.3, 0.4) is 0 Å². The molecule has 0 radical (unpaired) electrons. The van der Waals surface area contributed by atoms with E-state index in [1.165, 1.54) is 88.3 Å². The van der Waals surface area contributed by atoms with Crippen LogP contribution >= 0.6 is 0 Å². The minimum Gasteiger partial charge on any atom is -0.353 e. The van der Waals surface area contributed by atoms with Gasteiger partial charge in [0.25, 0.3) is 0 Å². The SMILES string of the molecule is CCCCCCCCCCN1C=CN(CCC)C1(CCCc1ccccc1)Cc1ccccc1. The van der Waals surface area contributed by atoms with Crippen LogP contribution < -0.4 is 0 Å². The van der Waals surface area contributed by atoms with E-state index < -0.39 is 0 Å². The van der Waals surface area contributed by atoms with Gasteiger partial charge in [-0.15, -0.1) is 0 Å². The zero-order chi connectivity index (χ0) is 23.9. The second kappa shape index (κ2) is 14.9. The van der Waals surface area contributed by atoms with Crippen LogP contribution in [0.25, 0.3) is 0 Å². The number of rotatable bonds is 17. The van der Waals surface area contributed by atoms with E-state index in [1.54, 1.807) is 0 Å². The smallest absolute Gasteiger partial charge is 0.116 e. The summed E-state index contributed by atoms with van der Waals surface area (Å²) in [4.78, 5) is 5.37. The zero-order valence-electron chi connectivity index (χ0n) is 21.9.